The first kappa shape index (κ1) is 20.9. The molecular weight excluding hydrogens is 280 g/mol. The van der Waals surface area contributed by atoms with Gasteiger partial charge in [-0.25, -0.2) is 0 Å². The fourth-order valence-corrected chi connectivity index (χ4v) is 2.47. The highest BCUT2D eigenvalue weighted by Gasteiger charge is 2.36. The van der Waals surface area contributed by atoms with Gasteiger partial charge in [0.2, 0.25) is 0 Å². The van der Waals surface area contributed by atoms with Crippen molar-refractivity contribution < 1.29 is 19.1 Å². The summed E-state index contributed by atoms with van der Waals surface area (Å²) in [6.45, 7) is 15.7. The highest BCUT2D eigenvalue weighted by atomic mass is 16.6. The Balaban J connectivity index is 4.98. The van der Waals surface area contributed by atoms with Crippen molar-refractivity contribution in [3.63, 3.8) is 0 Å². The first-order valence-corrected chi connectivity index (χ1v) is 8.56. The van der Waals surface area contributed by atoms with Gasteiger partial charge < -0.3 is 9.47 Å². The van der Waals surface area contributed by atoms with Gasteiger partial charge in [0.15, 0.2) is 5.92 Å². The summed E-state index contributed by atoms with van der Waals surface area (Å²) in [6, 6.07) is 0. The molecule has 0 fully saturated rings. The van der Waals surface area contributed by atoms with Crippen LogP contribution in [0.25, 0.3) is 0 Å². The molecule has 0 saturated carbocycles. The lowest BCUT2D eigenvalue weighted by atomic mass is 9.95. The molecule has 0 amide bonds. The molecule has 0 aromatic heterocycles. The van der Waals surface area contributed by atoms with Gasteiger partial charge in [-0.3, -0.25) is 9.59 Å². The Morgan fingerprint density at radius 1 is 0.682 bits per heavy atom. The minimum atomic E-state index is -0.847. The maximum absolute atomic E-state index is 12.4. The van der Waals surface area contributed by atoms with Crippen LogP contribution in [0.1, 0.15) is 68.2 Å². The summed E-state index contributed by atoms with van der Waals surface area (Å²) >= 11 is 0. The van der Waals surface area contributed by atoms with E-state index in [-0.39, 0.29) is 30.0 Å². The summed E-state index contributed by atoms with van der Waals surface area (Å²) in [5.74, 6) is -1.44. The molecule has 0 rings (SSSR count). The third kappa shape index (κ3) is 6.37. The van der Waals surface area contributed by atoms with Gasteiger partial charge in [-0.1, -0.05) is 55.4 Å². The average molecular weight is 314 g/mol. The van der Waals surface area contributed by atoms with Crippen LogP contribution in [0, 0.1) is 23.7 Å². The standard InChI is InChI=1S/C18H34O4/c1-9-14(11(3)4)21-17(19)16(13(7)8)18(20)22-15(10-2)12(5)6/h11-16H,9-10H2,1-8H3. The van der Waals surface area contributed by atoms with Crippen LogP contribution in [0.3, 0.4) is 0 Å². The molecule has 2 atom stereocenters. The number of rotatable bonds is 9. The Morgan fingerprint density at radius 2 is 1.00 bits per heavy atom. The molecule has 0 aromatic carbocycles. The molecule has 0 aliphatic carbocycles. The van der Waals surface area contributed by atoms with Gasteiger partial charge in [0, 0.05) is 0 Å². The van der Waals surface area contributed by atoms with Crippen LogP contribution in [-0.4, -0.2) is 24.1 Å². The Bertz CT molecular complexity index is 317. The van der Waals surface area contributed by atoms with E-state index in [1.54, 1.807) is 0 Å². The molecule has 130 valence electrons. The molecule has 2 unspecified atom stereocenters. The number of hydrogen-bond acceptors (Lipinski definition) is 4. The van der Waals surface area contributed by atoms with E-state index in [1.807, 2.05) is 55.4 Å². The van der Waals surface area contributed by atoms with E-state index in [0.29, 0.717) is 0 Å². The van der Waals surface area contributed by atoms with Gasteiger partial charge in [0.25, 0.3) is 0 Å². The Labute approximate surface area is 135 Å². The topological polar surface area (TPSA) is 52.6 Å². The van der Waals surface area contributed by atoms with Crippen molar-refractivity contribution >= 4 is 11.9 Å². The first-order chi connectivity index (χ1) is 10.1. The molecular formula is C18H34O4. The van der Waals surface area contributed by atoms with Crippen LogP contribution in [0.5, 0.6) is 0 Å². The molecule has 0 bridgehead atoms. The number of carbonyl (C=O) groups is 2. The maximum Gasteiger partial charge on any atom is 0.320 e. The lowest BCUT2D eigenvalue weighted by Crippen LogP contribution is -2.38. The van der Waals surface area contributed by atoms with Gasteiger partial charge in [-0.05, 0) is 30.6 Å². The summed E-state index contributed by atoms with van der Waals surface area (Å²) in [4.78, 5) is 24.8. The molecule has 0 heterocycles. The quantitative estimate of drug-likeness (QED) is 0.472. The van der Waals surface area contributed by atoms with Crippen LogP contribution >= 0.6 is 0 Å². The smallest absolute Gasteiger partial charge is 0.320 e. The van der Waals surface area contributed by atoms with E-state index >= 15 is 0 Å². The molecule has 0 N–H and O–H groups in total. The van der Waals surface area contributed by atoms with Gasteiger partial charge in [0.05, 0.1) is 0 Å². The van der Waals surface area contributed by atoms with Crippen LogP contribution in [-0.2, 0) is 19.1 Å². The van der Waals surface area contributed by atoms with E-state index in [2.05, 4.69) is 0 Å². The van der Waals surface area contributed by atoms with Crippen LogP contribution < -0.4 is 0 Å². The first-order valence-electron chi connectivity index (χ1n) is 8.56. The van der Waals surface area contributed by atoms with Crippen molar-refractivity contribution in [2.24, 2.45) is 23.7 Å². The fraction of sp³-hybridized carbons (Fsp3) is 0.889. The van der Waals surface area contributed by atoms with Crippen molar-refractivity contribution in [2.45, 2.75) is 80.4 Å². The van der Waals surface area contributed by atoms with E-state index in [9.17, 15) is 9.59 Å². The second kappa shape index (κ2) is 9.86. The second-order valence-corrected chi connectivity index (χ2v) is 6.98. The van der Waals surface area contributed by atoms with Crippen LogP contribution in [0.15, 0.2) is 0 Å². The molecule has 0 aliphatic rings. The number of hydrogen-bond donors (Lipinski definition) is 0. The normalized spacial score (nSPS) is 15.8. The highest BCUT2D eigenvalue weighted by molar-refractivity contribution is 5.95. The zero-order valence-corrected chi connectivity index (χ0v) is 15.5. The molecule has 0 spiro atoms. The molecule has 0 aliphatic heterocycles. The van der Waals surface area contributed by atoms with Gasteiger partial charge in [-0.15, -0.1) is 0 Å². The Hall–Kier alpha value is -1.06. The zero-order valence-electron chi connectivity index (χ0n) is 15.5. The van der Waals surface area contributed by atoms with E-state index in [4.69, 9.17) is 9.47 Å². The number of esters is 2. The third-order valence-corrected chi connectivity index (χ3v) is 4.00. The Kier molecular flexibility index (Phi) is 9.38. The predicted octanol–water partition coefficient (Wildman–Crippen LogP) is 4.21. The van der Waals surface area contributed by atoms with Crippen molar-refractivity contribution in [2.75, 3.05) is 0 Å². The Morgan fingerprint density at radius 3 is 1.18 bits per heavy atom. The fourth-order valence-electron chi connectivity index (χ4n) is 2.47. The molecule has 4 nitrogen and oxygen atoms in total. The lowest BCUT2D eigenvalue weighted by molar-refractivity contribution is -0.173. The number of carbonyl (C=O) groups excluding carboxylic acids is 2. The lowest BCUT2D eigenvalue weighted by Gasteiger charge is -2.27. The van der Waals surface area contributed by atoms with Crippen molar-refractivity contribution in [1.82, 2.24) is 0 Å². The average Bonchev–Trinajstić information content (AvgIpc) is 2.40. The monoisotopic (exact) mass is 314 g/mol. The largest absolute Gasteiger partial charge is 0.461 e. The van der Waals surface area contributed by atoms with E-state index < -0.39 is 17.9 Å². The van der Waals surface area contributed by atoms with Gasteiger partial charge >= 0.3 is 11.9 Å². The minimum Gasteiger partial charge on any atom is -0.461 e. The molecule has 22 heavy (non-hydrogen) atoms. The van der Waals surface area contributed by atoms with Gasteiger partial charge in [0.1, 0.15) is 12.2 Å². The van der Waals surface area contributed by atoms with E-state index in [1.165, 1.54) is 0 Å². The summed E-state index contributed by atoms with van der Waals surface area (Å²) in [6.07, 6.45) is 1.17. The molecule has 0 aromatic rings. The summed E-state index contributed by atoms with van der Waals surface area (Å²) in [5.41, 5.74) is 0. The SMILES string of the molecule is CCC(OC(=O)C(C(=O)OC(CC)C(C)C)C(C)C)C(C)C. The second-order valence-electron chi connectivity index (χ2n) is 6.98. The highest BCUT2D eigenvalue weighted by Crippen LogP contribution is 2.21. The third-order valence-electron chi connectivity index (χ3n) is 4.00. The maximum atomic E-state index is 12.4. The number of ether oxygens (including phenoxy) is 2. The minimum absolute atomic E-state index is 0.144. The zero-order chi connectivity index (χ0) is 17.4. The molecule has 4 heteroatoms. The molecule has 0 saturated heterocycles. The predicted molar refractivity (Wildman–Crippen MR) is 88.3 cm³/mol. The summed E-state index contributed by atoms with van der Waals surface area (Å²) in [7, 11) is 0. The van der Waals surface area contributed by atoms with E-state index in [0.717, 1.165) is 12.8 Å². The summed E-state index contributed by atoms with van der Waals surface area (Å²) in [5, 5.41) is 0. The molecule has 0 radical (unpaired) electrons. The van der Waals surface area contributed by atoms with Crippen molar-refractivity contribution in [1.29, 1.82) is 0 Å². The van der Waals surface area contributed by atoms with Crippen LogP contribution in [0.2, 0.25) is 0 Å². The van der Waals surface area contributed by atoms with Crippen molar-refractivity contribution in [3.05, 3.63) is 0 Å². The van der Waals surface area contributed by atoms with Gasteiger partial charge in [-0.2, -0.15) is 0 Å². The van der Waals surface area contributed by atoms with Crippen molar-refractivity contribution in [3.8, 4) is 0 Å². The summed E-state index contributed by atoms with van der Waals surface area (Å²) < 4.78 is 11.1. The van der Waals surface area contributed by atoms with Crippen LogP contribution in [0.4, 0.5) is 0 Å².